The number of hydrogen-bond acceptors (Lipinski definition) is 3. The topological polar surface area (TPSA) is 18.5 Å². The number of nitrogens with one attached hydrogen (secondary N) is 1. The molecular formula is C17H35N3. The Morgan fingerprint density at radius 3 is 2.45 bits per heavy atom. The first-order valence-corrected chi connectivity index (χ1v) is 8.79. The lowest BCUT2D eigenvalue weighted by atomic mass is 9.98. The summed E-state index contributed by atoms with van der Waals surface area (Å²) in [6.07, 6.45) is 6.93. The van der Waals surface area contributed by atoms with Crippen LogP contribution < -0.4 is 5.32 Å². The molecule has 0 aromatic carbocycles. The highest BCUT2D eigenvalue weighted by molar-refractivity contribution is 4.86. The first kappa shape index (κ1) is 16.3. The van der Waals surface area contributed by atoms with Crippen molar-refractivity contribution in [2.75, 3.05) is 33.2 Å². The summed E-state index contributed by atoms with van der Waals surface area (Å²) in [5.74, 6) is 0.923. The molecule has 0 aromatic rings. The Hall–Kier alpha value is -0.120. The maximum atomic E-state index is 3.77. The quantitative estimate of drug-likeness (QED) is 0.807. The van der Waals surface area contributed by atoms with E-state index < -0.39 is 0 Å². The molecular weight excluding hydrogens is 246 g/mol. The SMILES string of the molecule is CCCNC1CCCC1CCN1CC(C)N(C)C(C)C1. The van der Waals surface area contributed by atoms with Gasteiger partial charge in [0.05, 0.1) is 0 Å². The molecule has 118 valence electrons. The molecule has 1 aliphatic carbocycles. The van der Waals surface area contributed by atoms with Crippen molar-refractivity contribution in [2.24, 2.45) is 5.92 Å². The third-order valence-electron chi connectivity index (χ3n) is 5.57. The van der Waals surface area contributed by atoms with Gasteiger partial charge in [0.15, 0.2) is 0 Å². The molecule has 0 radical (unpaired) electrons. The van der Waals surface area contributed by atoms with E-state index in [0.717, 1.165) is 12.0 Å². The van der Waals surface area contributed by atoms with Gasteiger partial charge in [0.2, 0.25) is 0 Å². The number of likely N-dealkylation sites (N-methyl/N-ethyl adjacent to an activating group) is 1. The van der Waals surface area contributed by atoms with E-state index in [4.69, 9.17) is 0 Å². The lowest BCUT2D eigenvalue weighted by Gasteiger charge is -2.42. The number of nitrogens with zero attached hydrogens (tertiary/aromatic N) is 2. The van der Waals surface area contributed by atoms with Gasteiger partial charge in [-0.1, -0.05) is 13.3 Å². The molecule has 3 nitrogen and oxygen atoms in total. The largest absolute Gasteiger partial charge is 0.314 e. The normalized spacial score (nSPS) is 36.6. The van der Waals surface area contributed by atoms with Gasteiger partial charge >= 0.3 is 0 Å². The highest BCUT2D eigenvalue weighted by Crippen LogP contribution is 2.29. The van der Waals surface area contributed by atoms with Crippen molar-refractivity contribution in [1.82, 2.24) is 15.1 Å². The van der Waals surface area contributed by atoms with E-state index in [0.29, 0.717) is 12.1 Å². The Balaban J connectivity index is 1.74. The van der Waals surface area contributed by atoms with Crippen LogP contribution in [0.5, 0.6) is 0 Å². The van der Waals surface area contributed by atoms with Crippen molar-refractivity contribution in [1.29, 1.82) is 0 Å². The summed E-state index contributed by atoms with van der Waals surface area (Å²) in [6.45, 7) is 12.0. The molecule has 20 heavy (non-hydrogen) atoms. The monoisotopic (exact) mass is 281 g/mol. The van der Waals surface area contributed by atoms with Crippen LogP contribution in [-0.4, -0.2) is 61.2 Å². The first-order valence-electron chi connectivity index (χ1n) is 8.79. The molecule has 3 heteroatoms. The molecule has 0 bridgehead atoms. The number of hydrogen-bond donors (Lipinski definition) is 1. The van der Waals surface area contributed by atoms with Crippen LogP contribution in [0.25, 0.3) is 0 Å². The van der Waals surface area contributed by atoms with Crippen molar-refractivity contribution in [2.45, 2.75) is 71.0 Å². The zero-order chi connectivity index (χ0) is 14.5. The zero-order valence-electron chi connectivity index (χ0n) is 14.1. The van der Waals surface area contributed by atoms with Crippen LogP contribution >= 0.6 is 0 Å². The van der Waals surface area contributed by atoms with E-state index >= 15 is 0 Å². The average molecular weight is 281 g/mol. The van der Waals surface area contributed by atoms with Gasteiger partial charge < -0.3 is 10.2 Å². The van der Waals surface area contributed by atoms with Gasteiger partial charge in [0, 0.05) is 31.2 Å². The lowest BCUT2D eigenvalue weighted by molar-refractivity contribution is 0.0561. The summed E-state index contributed by atoms with van der Waals surface area (Å²) in [6, 6.07) is 2.21. The molecule has 0 spiro atoms. The fourth-order valence-corrected chi connectivity index (χ4v) is 4.03. The van der Waals surface area contributed by atoms with Crippen molar-refractivity contribution in [3.63, 3.8) is 0 Å². The van der Waals surface area contributed by atoms with Gasteiger partial charge in [-0.2, -0.15) is 0 Å². The maximum Gasteiger partial charge on any atom is 0.0195 e. The summed E-state index contributed by atoms with van der Waals surface area (Å²) >= 11 is 0. The third kappa shape index (κ3) is 4.19. The number of rotatable bonds is 6. The smallest absolute Gasteiger partial charge is 0.0195 e. The molecule has 4 unspecified atom stereocenters. The summed E-state index contributed by atoms with van der Waals surface area (Å²) in [4.78, 5) is 5.22. The van der Waals surface area contributed by atoms with E-state index in [1.54, 1.807) is 0 Å². The molecule has 2 aliphatic rings. The van der Waals surface area contributed by atoms with E-state index in [9.17, 15) is 0 Å². The number of piperazine rings is 1. The van der Waals surface area contributed by atoms with Gasteiger partial charge in [0.25, 0.3) is 0 Å². The van der Waals surface area contributed by atoms with Crippen LogP contribution in [0.1, 0.15) is 52.9 Å². The van der Waals surface area contributed by atoms with Gasteiger partial charge in [-0.15, -0.1) is 0 Å². The fraction of sp³-hybridized carbons (Fsp3) is 1.00. The Morgan fingerprint density at radius 1 is 1.10 bits per heavy atom. The van der Waals surface area contributed by atoms with E-state index in [-0.39, 0.29) is 0 Å². The Bertz CT molecular complexity index is 269. The lowest BCUT2D eigenvalue weighted by Crippen LogP contribution is -2.55. The van der Waals surface area contributed by atoms with Crippen LogP contribution in [0.3, 0.4) is 0 Å². The maximum absolute atomic E-state index is 3.77. The van der Waals surface area contributed by atoms with Crippen LogP contribution in [0.15, 0.2) is 0 Å². The molecule has 1 saturated heterocycles. The van der Waals surface area contributed by atoms with Gasteiger partial charge in [-0.3, -0.25) is 4.90 Å². The van der Waals surface area contributed by atoms with Gasteiger partial charge in [-0.05, 0) is 65.6 Å². The van der Waals surface area contributed by atoms with Crippen molar-refractivity contribution in [3.8, 4) is 0 Å². The molecule has 0 amide bonds. The second-order valence-electron chi connectivity index (χ2n) is 7.16. The van der Waals surface area contributed by atoms with Crippen LogP contribution in [0.2, 0.25) is 0 Å². The second-order valence-corrected chi connectivity index (χ2v) is 7.16. The van der Waals surface area contributed by atoms with Crippen LogP contribution in [-0.2, 0) is 0 Å². The molecule has 2 rings (SSSR count). The van der Waals surface area contributed by atoms with E-state index in [2.05, 4.69) is 42.9 Å². The molecule has 2 fully saturated rings. The Morgan fingerprint density at radius 2 is 1.80 bits per heavy atom. The average Bonchev–Trinajstić information content (AvgIpc) is 2.87. The van der Waals surface area contributed by atoms with Crippen LogP contribution in [0.4, 0.5) is 0 Å². The van der Waals surface area contributed by atoms with E-state index in [1.165, 1.54) is 58.3 Å². The highest BCUT2D eigenvalue weighted by Gasteiger charge is 2.29. The Labute approximate surface area is 126 Å². The molecule has 1 heterocycles. The minimum Gasteiger partial charge on any atom is -0.314 e. The van der Waals surface area contributed by atoms with Crippen molar-refractivity contribution in [3.05, 3.63) is 0 Å². The highest BCUT2D eigenvalue weighted by atomic mass is 15.3. The predicted octanol–water partition coefficient (Wildman–Crippen LogP) is 2.57. The van der Waals surface area contributed by atoms with E-state index in [1.807, 2.05) is 0 Å². The third-order valence-corrected chi connectivity index (χ3v) is 5.57. The summed E-state index contributed by atoms with van der Waals surface area (Å²) in [7, 11) is 2.27. The van der Waals surface area contributed by atoms with Crippen molar-refractivity contribution >= 4 is 0 Å². The van der Waals surface area contributed by atoms with Gasteiger partial charge in [-0.25, -0.2) is 0 Å². The first-order chi connectivity index (χ1) is 9.61. The molecule has 1 saturated carbocycles. The second kappa shape index (κ2) is 7.77. The molecule has 1 N–H and O–H groups in total. The fourth-order valence-electron chi connectivity index (χ4n) is 4.03. The summed E-state index contributed by atoms with van der Waals surface area (Å²) in [5, 5.41) is 3.77. The predicted molar refractivity (Wildman–Crippen MR) is 87.2 cm³/mol. The Kier molecular flexibility index (Phi) is 6.31. The summed E-state index contributed by atoms with van der Waals surface area (Å²) < 4.78 is 0. The van der Waals surface area contributed by atoms with Crippen molar-refractivity contribution < 1.29 is 0 Å². The molecule has 4 atom stereocenters. The molecule has 1 aliphatic heterocycles. The summed E-state index contributed by atoms with van der Waals surface area (Å²) in [5.41, 5.74) is 0. The minimum atomic E-state index is 0.705. The van der Waals surface area contributed by atoms with Gasteiger partial charge in [0.1, 0.15) is 0 Å². The minimum absolute atomic E-state index is 0.705. The zero-order valence-corrected chi connectivity index (χ0v) is 14.1. The molecule has 0 aromatic heterocycles. The standard InChI is InChI=1S/C17H35N3/c1-5-10-18-17-8-6-7-16(17)9-11-20-12-14(2)19(4)15(3)13-20/h14-18H,5-13H2,1-4H3. The van der Waals surface area contributed by atoms with Crippen LogP contribution in [0, 0.1) is 5.92 Å².